The van der Waals surface area contributed by atoms with Crippen LogP contribution < -0.4 is 5.32 Å². The SMILES string of the molecule is CCNC(c1ccc(F)c(Br)c1)c1nc(C)cs1. The van der Waals surface area contributed by atoms with Gasteiger partial charge < -0.3 is 5.32 Å². The van der Waals surface area contributed by atoms with Gasteiger partial charge in [0.05, 0.1) is 10.5 Å². The van der Waals surface area contributed by atoms with Crippen LogP contribution in [0.3, 0.4) is 0 Å². The van der Waals surface area contributed by atoms with Crippen molar-refractivity contribution in [2.75, 3.05) is 6.54 Å². The van der Waals surface area contributed by atoms with Crippen LogP contribution in [0.2, 0.25) is 0 Å². The van der Waals surface area contributed by atoms with Gasteiger partial charge in [-0.3, -0.25) is 0 Å². The molecule has 0 amide bonds. The van der Waals surface area contributed by atoms with Gasteiger partial charge in [0.15, 0.2) is 0 Å². The Morgan fingerprint density at radius 2 is 2.28 bits per heavy atom. The van der Waals surface area contributed by atoms with Crippen LogP contribution in [0.1, 0.15) is 29.2 Å². The van der Waals surface area contributed by atoms with E-state index >= 15 is 0 Å². The molecule has 2 nitrogen and oxygen atoms in total. The van der Waals surface area contributed by atoms with Crippen LogP contribution in [0.15, 0.2) is 28.1 Å². The first-order chi connectivity index (χ1) is 8.61. The lowest BCUT2D eigenvalue weighted by Gasteiger charge is -2.16. The highest BCUT2D eigenvalue weighted by atomic mass is 79.9. The Balaban J connectivity index is 2.37. The fourth-order valence-electron chi connectivity index (χ4n) is 1.75. The standard InChI is InChI=1S/C13H14BrFN2S/c1-3-16-12(13-17-8(2)7-18-13)9-4-5-11(15)10(14)6-9/h4-7,12,16H,3H2,1-2H3. The average Bonchev–Trinajstić information content (AvgIpc) is 2.76. The maximum atomic E-state index is 13.3. The third kappa shape index (κ3) is 2.96. The van der Waals surface area contributed by atoms with Crippen LogP contribution >= 0.6 is 27.3 Å². The van der Waals surface area contributed by atoms with Gasteiger partial charge in [0.2, 0.25) is 0 Å². The highest BCUT2D eigenvalue weighted by Crippen LogP contribution is 2.28. The topological polar surface area (TPSA) is 24.9 Å². The molecule has 2 aromatic rings. The van der Waals surface area contributed by atoms with Crippen molar-refractivity contribution in [3.05, 3.63) is 50.1 Å². The van der Waals surface area contributed by atoms with Gasteiger partial charge >= 0.3 is 0 Å². The quantitative estimate of drug-likeness (QED) is 0.915. The summed E-state index contributed by atoms with van der Waals surface area (Å²) in [6.07, 6.45) is 0. The van der Waals surface area contributed by atoms with E-state index in [4.69, 9.17) is 0 Å². The Morgan fingerprint density at radius 1 is 1.50 bits per heavy atom. The van der Waals surface area contributed by atoms with Crippen molar-refractivity contribution in [3.63, 3.8) is 0 Å². The molecular formula is C13H14BrFN2S. The minimum Gasteiger partial charge on any atom is -0.305 e. The van der Waals surface area contributed by atoms with Crippen LogP contribution in [-0.2, 0) is 0 Å². The second-order valence-electron chi connectivity index (χ2n) is 3.99. The van der Waals surface area contributed by atoms with E-state index in [1.54, 1.807) is 23.5 Å². The molecule has 1 unspecified atom stereocenters. The van der Waals surface area contributed by atoms with Crippen molar-refractivity contribution in [3.8, 4) is 0 Å². The van der Waals surface area contributed by atoms with E-state index in [2.05, 4.69) is 26.2 Å². The molecule has 96 valence electrons. The number of hydrogen-bond acceptors (Lipinski definition) is 3. The summed E-state index contributed by atoms with van der Waals surface area (Å²) < 4.78 is 13.8. The van der Waals surface area contributed by atoms with Crippen LogP contribution in [0.5, 0.6) is 0 Å². The zero-order valence-corrected chi connectivity index (χ0v) is 12.6. The zero-order valence-electron chi connectivity index (χ0n) is 10.2. The molecule has 0 radical (unpaired) electrons. The van der Waals surface area contributed by atoms with Gasteiger partial charge in [0.1, 0.15) is 10.8 Å². The second-order valence-corrected chi connectivity index (χ2v) is 5.74. The molecule has 1 aromatic carbocycles. The van der Waals surface area contributed by atoms with Gasteiger partial charge in [0.25, 0.3) is 0 Å². The van der Waals surface area contributed by atoms with Crippen molar-refractivity contribution in [2.24, 2.45) is 0 Å². The summed E-state index contributed by atoms with van der Waals surface area (Å²) in [7, 11) is 0. The van der Waals surface area contributed by atoms with E-state index in [9.17, 15) is 4.39 Å². The molecule has 0 saturated carbocycles. The number of rotatable bonds is 4. The van der Waals surface area contributed by atoms with Crippen molar-refractivity contribution >= 4 is 27.3 Å². The summed E-state index contributed by atoms with van der Waals surface area (Å²) in [5.41, 5.74) is 2.03. The normalized spacial score (nSPS) is 12.7. The van der Waals surface area contributed by atoms with E-state index in [-0.39, 0.29) is 11.9 Å². The molecule has 1 heterocycles. The third-order valence-electron chi connectivity index (χ3n) is 2.57. The summed E-state index contributed by atoms with van der Waals surface area (Å²) >= 11 is 4.84. The van der Waals surface area contributed by atoms with E-state index < -0.39 is 0 Å². The number of halogens is 2. The predicted octanol–water partition coefficient (Wildman–Crippen LogP) is 4.05. The van der Waals surface area contributed by atoms with Gasteiger partial charge in [-0.15, -0.1) is 11.3 Å². The van der Waals surface area contributed by atoms with Crippen LogP contribution in [-0.4, -0.2) is 11.5 Å². The number of hydrogen-bond donors (Lipinski definition) is 1. The maximum Gasteiger partial charge on any atom is 0.137 e. The first kappa shape index (κ1) is 13.6. The molecule has 0 spiro atoms. The number of thiazole rings is 1. The monoisotopic (exact) mass is 328 g/mol. The maximum absolute atomic E-state index is 13.3. The van der Waals surface area contributed by atoms with Gasteiger partial charge in [-0.25, -0.2) is 9.37 Å². The number of nitrogens with one attached hydrogen (secondary N) is 1. The number of aromatic nitrogens is 1. The van der Waals surface area contributed by atoms with Gasteiger partial charge in [-0.1, -0.05) is 13.0 Å². The largest absolute Gasteiger partial charge is 0.305 e. The summed E-state index contributed by atoms with van der Waals surface area (Å²) in [6.45, 7) is 4.86. The van der Waals surface area contributed by atoms with Crippen molar-refractivity contribution in [2.45, 2.75) is 19.9 Å². The molecule has 0 aliphatic rings. The molecule has 2 rings (SSSR count). The van der Waals surface area contributed by atoms with E-state index in [1.165, 1.54) is 6.07 Å². The second kappa shape index (κ2) is 5.91. The Morgan fingerprint density at radius 3 is 2.83 bits per heavy atom. The molecule has 0 fully saturated rings. The highest BCUT2D eigenvalue weighted by molar-refractivity contribution is 9.10. The molecular weight excluding hydrogens is 315 g/mol. The van der Waals surface area contributed by atoms with Gasteiger partial charge in [0, 0.05) is 11.1 Å². The Labute approximate surface area is 118 Å². The van der Waals surface area contributed by atoms with E-state index in [1.807, 2.05) is 19.2 Å². The van der Waals surface area contributed by atoms with Crippen molar-refractivity contribution < 1.29 is 4.39 Å². The fourth-order valence-corrected chi connectivity index (χ4v) is 3.04. The smallest absolute Gasteiger partial charge is 0.137 e. The summed E-state index contributed by atoms with van der Waals surface area (Å²) in [4.78, 5) is 4.51. The van der Waals surface area contributed by atoms with Crippen LogP contribution in [0, 0.1) is 12.7 Å². The molecule has 0 bridgehead atoms. The van der Waals surface area contributed by atoms with Gasteiger partial charge in [-0.2, -0.15) is 0 Å². The van der Waals surface area contributed by atoms with Crippen LogP contribution in [0.25, 0.3) is 0 Å². The lowest BCUT2D eigenvalue weighted by Crippen LogP contribution is -2.22. The lowest BCUT2D eigenvalue weighted by molar-refractivity contribution is 0.607. The average molecular weight is 329 g/mol. The molecule has 1 N–H and O–H groups in total. The molecule has 0 aliphatic carbocycles. The summed E-state index contributed by atoms with van der Waals surface area (Å²) in [5.74, 6) is -0.246. The zero-order chi connectivity index (χ0) is 13.1. The van der Waals surface area contributed by atoms with Gasteiger partial charge in [-0.05, 0) is 47.1 Å². The Bertz CT molecular complexity index is 542. The summed E-state index contributed by atoms with van der Waals surface area (Å²) in [6, 6.07) is 5.10. The minimum absolute atomic E-state index is 0.0191. The summed E-state index contributed by atoms with van der Waals surface area (Å²) in [5, 5.41) is 6.41. The molecule has 1 atom stereocenters. The Hall–Kier alpha value is -0.780. The van der Waals surface area contributed by atoms with Crippen molar-refractivity contribution in [1.29, 1.82) is 0 Å². The molecule has 0 saturated heterocycles. The first-order valence-corrected chi connectivity index (χ1v) is 7.39. The number of nitrogens with zero attached hydrogens (tertiary/aromatic N) is 1. The minimum atomic E-state index is -0.246. The first-order valence-electron chi connectivity index (χ1n) is 5.72. The van der Waals surface area contributed by atoms with E-state index in [0.29, 0.717) is 4.47 Å². The Kier molecular flexibility index (Phi) is 4.48. The van der Waals surface area contributed by atoms with Crippen LogP contribution in [0.4, 0.5) is 4.39 Å². The predicted molar refractivity (Wildman–Crippen MR) is 76.5 cm³/mol. The molecule has 18 heavy (non-hydrogen) atoms. The van der Waals surface area contributed by atoms with Crippen molar-refractivity contribution in [1.82, 2.24) is 10.3 Å². The molecule has 0 aliphatic heterocycles. The van der Waals surface area contributed by atoms with E-state index in [0.717, 1.165) is 22.8 Å². The lowest BCUT2D eigenvalue weighted by atomic mass is 10.1. The number of benzene rings is 1. The fraction of sp³-hybridized carbons (Fsp3) is 0.308. The highest BCUT2D eigenvalue weighted by Gasteiger charge is 2.17. The molecule has 1 aromatic heterocycles. The molecule has 5 heteroatoms. The number of aryl methyl sites for hydroxylation is 1. The third-order valence-corrected chi connectivity index (χ3v) is 4.20.